The van der Waals surface area contributed by atoms with Crippen LogP contribution < -0.4 is 20.1 Å². The van der Waals surface area contributed by atoms with Gasteiger partial charge in [-0.1, -0.05) is 36.4 Å². The number of piperazine rings is 1. The smallest absolute Gasteiger partial charge is 0.860 e. The van der Waals surface area contributed by atoms with E-state index in [0.717, 1.165) is 69.0 Å². The number of nitrogens with one attached hydrogen (secondary N) is 1. The molecule has 2 aromatic carbocycles. The van der Waals surface area contributed by atoms with Gasteiger partial charge in [0.15, 0.2) is 0 Å². The van der Waals surface area contributed by atoms with Crippen molar-refractivity contribution in [1.29, 1.82) is 0 Å². The van der Waals surface area contributed by atoms with Crippen molar-refractivity contribution in [2.45, 2.75) is 12.8 Å². The molecule has 0 bridgehead atoms. The van der Waals surface area contributed by atoms with Crippen LogP contribution in [0.4, 0.5) is 5.69 Å². The second-order valence-electron chi connectivity index (χ2n) is 7.96. The van der Waals surface area contributed by atoms with E-state index in [0.29, 0.717) is 0 Å². The van der Waals surface area contributed by atoms with E-state index in [1.165, 1.54) is 5.69 Å². The number of methoxy groups -OCH3 is 1. The van der Waals surface area contributed by atoms with Crippen molar-refractivity contribution in [2.24, 2.45) is 0 Å². The molecule has 4 rings (SSSR count). The number of hydrogen-bond acceptors (Lipinski definition) is 5. The van der Waals surface area contributed by atoms with Gasteiger partial charge in [-0.15, -0.1) is 11.6 Å². The third-order valence-corrected chi connectivity index (χ3v) is 5.74. The summed E-state index contributed by atoms with van der Waals surface area (Å²) in [5.74, 6) is 3.48. The first-order chi connectivity index (χ1) is 16.2. The molecule has 6 heteroatoms. The van der Waals surface area contributed by atoms with Crippen LogP contribution in [0.5, 0.6) is 5.75 Å². The van der Waals surface area contributed by atoms with E-state index >= 15 is 0 Å². The molecule has 0 aromatic heterocycles. The Kier molecular flexibility index (Phi) is 12.1. The molecule has 1 heterocycles. The van der Waals surface area contributed by atoms with Gasteiger partial charge in [-0.3, -0.25) is 4.90 Å². The normalized spacial score (nSPS) is 14.6. The molecule has 0 unspecified atom stereocenters. The average Bonchev–Trinajstić information content (AvgIpc) is 3.59. The van der Waals surface area contributed by atoms with Crippen molar-refractivity contribution in [3.63, 3.8) is 0 Å². The fourth-order valence-corrected chi connectivity index (χ4v) is 3.86. The van der Waals surface area contributed by atoms with Gasteiger partial charge in [-0.25, -0.2) is 0 Å². The molecule has 5 nitrogen and oxygen atoms in total. The number of hydrogen-bond donors (Lipinski definition) is 1. The maximum absolute atomic E-state index is 11.9. The topological polar surface area (TPSA) is 50.8 Å². The minimum Gasteiger partial charge on any atom is -0.860 e. The molecule has 0 amide bonds. The average molecular weight is 499 g/mol. The number of para-hydroxylation sites is 2. The number of allylic oxidation sites excluding steroid dienone is 5. The van der Waals surface area contributed by atoms with Gasteiger partial charge in [0, 0.05) is 32.7 Å². The standard InChI is InChI=1S/C21H29N3O2.C7H5.Fe/c1-26-20-11-5-4-10-19(20)24-16-14-23(15-17-24)13-7-6-12-22-21(25)18-8-2-3-9-18;1-2-7-5-3-4-6-7;/h2-5,8-11,22,25H,6-7,12-17H2,1H3;1,3-6H;/q;-1;+2/p-1. The van der Waals surface area contributed by atoms with Crippen molar-refractivity contribution in [3.05, 3.63) is 89.9 Å². The number of anilines is 1. The largest absolute Gasteiger partial charge is 2.00 e. The van der Waals surface area contributed by atoms with E-state index in [9.17, 15) is 5.11 Å². The predicted molar refractivity (Wildman–Crippen MR) is 134 cm³/mol. The Hall–Kier alpha value is -2.97. The fourth-order valence-electron chi connectivity index (χ4n) is 3.86. The van der Waals surface area contributed by atoms with Crippen LogP contribution in [0, 0.1) is 12.3 Å². The molecule has 1 fully saturated rings. The summed E-state index contributed by atoms with van der Waals surface area (Å²) < 4.78 is 5.47. The van der Waals surface area contributed by atoms with Crippen LogP contribution in [0.2, 0.25) is 0 Å². The molecule has 0 radical (unpaired) electrons. The monoisotopic (exact) mass is 499 g/mol. The molecule has 0 atom stereocenters. The molecule has 1 aliphatic carbocycles. The third-order valence-electron chi connectivity index (χ3n) is 5.74. The maximum atomic E-state index is 11.9. The Morgan fingerprint density at radius 3 is 2.44 bits per heavy atom. The number of terminal acetylenes is 1. The van der Waals surface area contributed by atoms with E-state index < -0.39 is 0 Å². The van der Waals surface area contributed by atoms with Gasteiger partial charge in [0.2, 0.25) is 0 Å². The molecule has 180 valence electrons. The number of unbranched alkanes of at least 4 members (excludes halogenated alkanes) is 1. The summed E-state index contributed by atoms with van der Waals surface area (Å²) in [6, 6.07) is 15.9. The number of ether oxygens (including phenoxy) is 1. The van der Waals surface area contributed by atoms with Gasteiger partial charge in [0.05, 0.1) is 12.8 Å². The molecular formula is C28H33FeN3O2. The number of nitrogens with zero attached hydrogens (tertiary/aromatic N) is 2. The van der Waals surface area contributed by atoms with Crippen molar-refractivity contribution in [3.8, 4) is 18.1 Å². The summed E-state index contributed by atoms with van der Waals surface area (Å²) in [4.78, 5) is 4.90. The minimum atomic E-state index is 0. The zero-order valence-electron chi connectivity index (χ0n) is 19.7. The summed E-state index contributed by atoms with van der Waals surface area (Å²) in [5, 5.41) is 14.8. The zero-order valence-corrected chi connectivity index (χ0v) is 20.8. The van der Waals surface area contributed by atoms with E-state index in [4.69, 9.17) is 11.2 Å². The van der Waals surface area contributed by atoms with E-state index in [-0.39, 0.29) is 23.0 Å². The minimum absolute atomic E-state index is 0. The summed E-state index contributed by atoms with van der Waals surface area (Å²) in [6.45, 7) is 6.01. The second-order valence-corrected chi connectivity index (χ2v) is 7.96. The summed E-state index contributed by atoms with van der Waals surface area (Å²) in [6.07, 6.45) is 14.6. The molecule has 1 aliphatic heterocycles. The molecule has 0 saturated carbocycles. The fraction of sp³-hybridized carbons (Fsp3) is 0.321. The quantitative estimate of drug-likeness (QED) is 0.199. The van der Waals surface area contributed by atoms with Crippen LogP contribution >= 0.6 is 0 Å². The summed E-state index contributed by atoms with van der Waals surface area (Å²) in [5.41, 5.74) is 2.89. The van der Waals surface area contributed by atoms with Gasteiger partial charge in [0.25, 0.3) is 0 Å². The van der Waals surface area contributed by atoms with E-state index in [1.54, 1.807) is 7.11 Å². The Morgan fingerprint density at radius 2 is 1.82 bits per heavy atom. The van der Waals surface area contributed by atoms with Crippen LogP contribution in [0.15, 0.2) is 84.3 Å². The molecule has 2 aliphatic rings. The van der Waals surface area contributed by atoms with Crippen molar-refractivity contribution < 1.29 is 26.9 Å². The van der Waals surface area contributed by atoms with E-state index in [2.05, 4.69) is 33.2 Å². The van der Waals surface area contributed by atoms with Crippen LogP contribution in [0.3, 0.4) is 0 Å². The van der Waals surface area contributed by atoms with Crippen LogP contribution in [0.1, 0.15) is 18.4 Å². The number of rotatable bonds is 8. The maximum Gasteiger partial charge on any atom is 2.00 e. The van der Waals surface area contributed by atoms with Gasteiger partial charge in [-0.05, 0) is 43.0 Å². The first-order valence-corrected chi connectivity index (χ1v) is 11.5. The van der Waals surface area contributed by atoms with Gasteiger partial charge < -0.3 is 20.1 Å². The first kappa shape index (κ1) is 27.3. The Balaban J connectivity index is 0.000000439. The van der Waals surface area contributed by atoms with Crippen LogP contribution in [-0.2, 0) is 17.1 Å². The second kappa shape index (κ2) is 15.0. The van der Waals surface area contributed by atoms with Gasteiger partial charge >= 0.3 is 17.1 Å². The van der Waals surface area contributed by atoms with Crippen molar-refractivity contribution in [1.82, 2.24) is 10.2 Å². The molecular weight excluding hydrogens is 466 g/mol. The summed E-state index contributed by atoms with van der Waals surface area (Å²) in [7, 11) is 1.73. The molecule has 1 N–H and O–H groups in total. The SMILES string of the molecule is C#Cc1ccc[cH-]1.COc1ccccc1N1CCN(CCCCNC([O-])=C2C=CC=C2)CC1.[Fe+2]. The summed E-state index contributed by atoms with van der Waals surface area (Å²) >= 11 is 0. The Bertz CT molecular complexity index is 967. The Morgan fingerprint density at radius 1 is 1.09 bits per heavy atom. The van der Waals surface area contributed by atoms with Crippen molar-refractivity contribution in [2.75, 3.05) is 51.3 Å². The van der Waals surface area contributed by atoms with Gasteiger partial charge in [0.1, 0.15) is 5.75 Å². The third kappa shape index (κ3) is 8.43. The molecule has 1 saturated heterocycles. The number of benzene rings is 1. The van der Waals surface area contributed by atoms with E-state index in [1.807, 2.05) is 60.7 Å². The molecule has 0 spiro atoms. The van der Waals surface area contributed by atoms with Crippen LogP contribution in [0.25, 0.3) is 0 Å². The predicted octanol–water partition coefficient (Wildman–Crippen LogP) is 3.27. The first-order valence-electron chi connectivity index (χ1n) is 11.5. The Labute approximate surface area is 214 Å². The molecule has 34 heavy (non-hydrogen) atoms. The zero-order chi connectivity index (χ0) is 23.3. The van der Waals surface area contributed by atoms with Gasteiger partial charge in [-0.2, -0.15) is 30.5 Å². The van der Waals surface area contributed by atoms with Crippen molar-refractivity contribution >= 4 is 5.69 Å². The van der Waals surface area contributed by atoms with Crippen LogP contribution in [-0.4, -0.2) is 51.3 Å². The molecule has 2 aromatic rings.